The van der Waals surface area contributed by atoms with E-state index >= 15 is 0 Å². The van der Waals surface area contributed by atoms with Gasteiger partial charge in [0.25, 0.3) is 0 Å². The van der Waals surface area contributed by atoms with E-state index in [1.807, 2.05) is 6.92 Å². The first-order valence-corrected chi connectivity index (χ1v) is 11.7. The lowest BCUT2D eigenvalue weighted by atomic mass is 9.98. The highest BCUT2D eigenvalue weighted by atomic mass is 32.1. The lowest BCUT2D eigenvalue weighted by Crippen LogP contribution is -2.57. The average molecular weight is 488 g/mol. The van der Waals surface area contributed by atoms with Gasteiger partial charge in [-0.2, -0.15) is 12.6 Å². The zero-order valence-corrected chi connectivity index (χ0v) is 20.1. The number of amides is 3. The van der Waals surface area contributed by atoms with Crippen molar-refractivity contribution in [3.8, 4) is 0 Å². The second-order valence-corrected chi connectivity index (χ2v) is 8.56. The molecule has 1 aliphatic heterocycles. The lowest BCUT2D eigenvalue weighted by molar-refractivity contribution is -0.146. The molecule has 1 saturated heterocycles. The number of rotatable bonds is 13. The molecule has 0 bridgehead atoms. The Balaban J connectivity index is 2.98. The van der Waals surface area contributed by atoms with Crippen molar-refractivity contribution in [3.05, 3.63) is 0 Å². The van der Waals surface area contributed by atoms with Crippen LogP contribution < -0.4 is 27.8 Å². The van der Waals surface area contributed by atoms with Crippen molar-refractivity contribution < 1.29 is 24.3 Å². The third-order valence-corrected chi connectivity index (χ3v) is 6.10. The van der Waals surface area contributed by atoms with Gasteiger partial charge in [-0.05, 0) is 31.6 Å². The Morgan fingerprint density at radius 2 is 1.91 bits per heavy atom. The van der Waals surface area contributed by atoms with Crippen molar-refractivity contribution in [1.82, 2.24) is 15.5 Å². The number of carbonyl (C=O) groups excluding carboxylic acids is 3. The number of hydrogen-bond donors (Lipinski definition) is 7. The first kappa shape index (κ1) is 28.5. The van der Waals surface area contributed by atoms with Gasteiger partial charge in [-0.1, -0.05) is 20.3 Å². The predicted molar refractivity (Wildman–Crippen MR) is 127 cm³/mol. The number of likely N-dealkylation sites (tertiary alicyclic amines) is 1. The summed E-state index contributed by atoms with van der Waals surface area (Å²) < 4.78 is 0. The number of aliphatic carboxylic acids is 1. The van der Waals surface area contributed by atoms with E-state index in [9.17, 15) is 24.3 Å². The number of nitrogens with two attached hydrogens (primary N) is 3. The molecule has 1 rings (SSSR count). The molecule has 0 saturated carbocycles. The van der Waals surface area contributed by atoms with E-state index in [1.54, 1.807) is 6.92 Å². The van der Waals surface area contributed by atoms with Crippen molar-refractivity contribution in [2.24, 2.45) is 28.1 Å². The van der Waals surface area contributed by atoms with Gasteiger partial charge in [0.1, 0.15) is 18.1 Å². The fraction of sp³-hybridized carbons (Fsp3) is 0.750. The van der Waals surface area contributed by atoms with Crippen LogP contribution in [0.5, 0.6) is 0 Å². The van der Waals surface area contributed by atoms with E-state index in [-0.39, 0.29) is 30.6 Å². The number of carbonyl (C=O) groups is 4. The van der Waals surface area contributed by atoms with Crippen LogP contribution in [-0.4, -0.2) is 82.7 Å². The van der Waals surface area contributed by atoms with Gasteiger partial charge in [0.05, 0.1) is 6.04 Å². The second-order valence-electron chi connectivity index (χ2n) is 8.20. The maximum absolute atomic E-state index is 13.3. The van der Waals surface area contributed by atoms with Crippen molar-refractivity contribution in [2.75, 3.05) is 18.8 Å². The van der Waals surface area contributed by atoms with Crippen LogP contribution in [0.4, 0.5) is 0 Å². The van der Waals surface area contributed by atoms with Crippen molar-refractivity contribution in [1.29, 1.82) is 0 Å². The molecule has 13 heteroatoms. The van der Waals surface area contributed by atoms with Gasteiger partial charge < -0.3 is 37.8 Å². The van der Waals surface area contributed by atoms with Crippen LogP contribution in [0, 0.1) is 5.92 Å². The highest BCUT2D eigenvalue weighted by Gasteiger charge is 2.39. The van der Waals surface area contributed by atoms with E-state index in [0.717, 1.165) is 0 Å². The smallest absolute Gasteiger partial charge is 0.326 e. The Kier molecular flexibility index (Phi) is 12.0. The van der Waals surface area contributed by atoms with Crippen molar-refractivity contribution >= 4 is 42.3 Å². The summed E-state index contributed by atoms with van der Waals surface area (Å²) in [5, 5.41) is 14.7. The van der Waals surface area contributed by atoms with Gasteiger partial charge in [-0.3, -0.25) is 19.4 Å². The Morgan fingerprint density at radius 1 is 1.24 bits per heavy atom. The van der Waals surface area contributed by atoms with Crippen LogP contribution in [0.15, 0.2) is 4.99 Å². The third-order valence-electron chi connectivity index (χ3n) is 5.71. The van der Waals surface area contributed by atoms with Gasteiger partial charge >= 0.3 is 5.97 Å². The number of guanidine groups is 1. The summed E-state index contributed by atoms with van der Waals surface area (Å²) in [4.78, 5) is 55.4. The summed E-state index contributed by atoms with van der Waals surface area (Å²) >= 11 is 4.01. The Labute approximate surface area is 199 Å². The molecular formula is C20H37N7O5S. The van der Waals surface area contributed by atoms with E-state index in [1.165, 1.54) is 4.90 Å². The summed E-state index contributed by atoms with van der Waals surface area (Å²) in [7, 11) is 0. The predicted octanol–water partition coefficient (Wildman–Crippen LogP) is -1.61. The number of carboxylic acid groups (broad SMARTS) is 1. The molecule has 0 aliphatic carbocycles. The largest absolute Gasteiger partial charge is 0.480 e. The summed E-state index contributed by atoms with van der Waals surface area (Å²) in [6.45, 7) is 4.16. The third kappa shape index (κ3) is 8.72. The summed E-state index contributed by atoms with van der Waals surface area (Å²) in [6, 6.07) is -3.70. The summed E-state index contributed by atoms with van der Waals surface area (Å²) in [6.07, 6.45) is 2.19. The number of carboxylic acids is 1. The maximum Gasteiger partial charge on any atom is 0.326 e. The highest BCUT2D eigenvalue weighted by molar-refractivity contribution is 7.80. The molecule has 12 nitrogen and oxygen atoms in total. The SMILES string of the molecule is CCC(C)C(NC(=O)C1CCCN1C(=O)C(CCCN=C(N)N)NC(=O)C(N)CS)C(=O)O. The molecule has 5 unspecified atom stereocenters. The number of thiol groups is 1. The van der Waals surface area contributed by atoms with Crippen LogP contribution >= 0.6 is 12.6 Å². The molecule has 33 heavy (non-hydrogen) atoms. The molecule has 0 aromatic carbocycles. The minimum atomic E-state index is -1.13. The summed E-state index contributed by atoms with van der Waals surface area (Å²) in [5.41, 5.74) is 16.4. The van der Waals surface area contributed by atoms with Crippen molar-refractivity contribution in [2.45, 2.75) is 70.1 Å². The van der Waals surface area contributed by atoms with E-state index < -0.39 is 47.9 Å². The first-order chi connectivity index (χ1) is 15.5. The molecule has 9 N–H and O–H groups in total. The van der Waals surface area contributed by atoms with Crippen LogP contribution in [0.2, 0.25) is 0 Å². The molecule has 0 radical (unpaired) electrons. The van der Waals surface area contributed by atoms with Gasteiger partial charge in [0.15, 0.2) is 5.96 Å². The van der Waals surface area contributed by atoms with E-state index in [0.29, 0.717) is 32.2 Å². The quantitative estimate of drug-likeness (QED) is 0.0694. The molecule has 0 spiro atoms. The van der Waals surface area contributed by atoms with Gasteiger partial charge in [0, 0.05) is 18.8 Å². The zero-order valence-electron chi connectivity index (χ0n) is 19.2. The van der Waals surface area contributed by atoms with Crippen molar-refractivity contribution in [3.63, 3.8) is 0 Å². The molecule has 5 atom stereocenters. The average Bonchev–Trinajstić information content (AvgIpc) is 3.27. The van der Waals surface area contributed by atoms with Gasteiger partial charge in [0.2, 0.25) is 17.7 Å². The minimum absolute atomic E-state index is 0.0791. The molecule has 1 aliphatic rings. The molecule has 0 aromatic heterocycles. The molecule has 1 heterocycles. The first-order valence-electron chi connectivity index (χ1n) is 11.1. The number of hydrogen-bond acceptors (Lipinski definition) is 7. The topological polar surface area (TPSA) is 206 Å². The van der Waals surface area contributed by atoms with Crippen LogP contribution in [-0.2, 0) is 19.2 Å². The Morgan fingerprint density at radius 3 is 2.45 bits per heavy atom. The van der Waals surface area contributed by atoms with Gasteiger partial charge in [-0.25, -0.2) is 4.79 Å². The maximum atomic E-state index is 13.3. The monoisotopic (exact) mass is 487 g/mol. The minimum Gasteiger partial charge on any atom is -0.480 e. The van der Waals surface area contributed by atoms with E-state index in [2.05, 4.69) is 28.3 Å². The fourth-order valence-corrected chi connectivity index (χ4v) is 3.72. The molecule has 1 fully saturated rings. The second kappa shape index (κ2) is 13.9. The number of nitrogens with one attached hydrogen (secondary N) is 2. The number of nitrogens with zero attached hydrogens (tertiary/aromatic N) is 2. The molecular weight excluding hydrogens is 450 g/mol. The normalized spacial score (nSPS) is 19.2. The lowest BCUT2D eigenvalue weighted by Gasteiger charge is -2.30. The standard InChI is InChI=1S/C20H37N7O5S/c1-3-11(2)15(19(31)32)26-17(29)14-7-5-9-27(14)18(30)13(6-4-8-24-20(22)23)25-16(28)12(21)10-33/h11-15,33H,3-10,21H2,1-2H3,(H,25,28)(H,26,29)(H,31,32)(H4,22,23,24). The highest BCUT2D eigenvalue weighted by Crippen LogP contribution is 2.21. The Hall–Kier alpha value is -2.54. The molecule has 3 amide bonds. The van der Waals surface area contributed by atoms with Crippen LogP contribution in [0.25, 0.3) is 0 Å². The molecule has 0 aromatic rings. The van der Waals surface area contributed by atoms with Crippen LogP contribution in [0.3, 0.4) is 0 Å². The zero-order chi connectivity index (χ0) is 25.1. The summed E-state index contributed by atoms with van der Waals surface area (Å²) in [5.74, 6) is -2.88. The Bertz CT molecular complexity index is 732. The molecule has 188 valence electrons. The van der Waals surface area contributed by atoms with Crippen LogP contribution in [0.1, 0.15) is 46.0 Å². The van der Waals surface area contributed by atoms with E-state index in [4.69, 9.17) is 17.2 Å². The fourth-order valence-electron chi connectivity index (χ4n) is 3.56. The number of aliphatic imine (C=N–C) groups is 1. The van der Waals surface area contributed by atoms with Gasteiger partial charge in [-0.15, -0.1) is 0 Å².